The molecule has 24 heavy (non-hydrogen) atoms. The molecule has 0 radical (unpaired) electrons. The molecule has 2 unspecified atom stereocenters. The van der Waals surface area contributed by atoms with E-state index in [-0.39, 0.29) is 30.7 Å². The van der Waals surface area contributed by atoms with E-state index in [2.05, 4.69) is 15.2 Å². The molecule has 2 aliphatic rings. The van der Waals surface area contributed by atoms with Crippen molar-refractivity contribution in [1.29, 1.82) is 0 Å². The molecule has 4 rings (SSSR count). The first-order chi connectivity index (χ1) is 10.6. The molecule has 0 saturated carbocycles. The first-order valence-electron chi connectivity index (χ1n) is 7.74. The van der Waals surface area contributed by atoms with Crippen LogP contribution in [0, 0.1) is 0 Å². The molecule has 4 heterocycles. The van der Waals surface area contributed by atoms with E-state index in [0.29, 0.717) is 12.1 Å². The number of thiazole rings is 1. The quantitative estimate of drug-likeness (QED) is 0.828. The molecule has 2 atom stereocenters. The third kappa shape index (κ3) is 3.37. The topological polar surface area (TPSA) is 48.5 Å². The molecule has 0 aliphatic carbocycles. The number of anilines is 1. The fourth-order valence-electron chi connectivity index (χ4n) is 3.46. The van der Waals surface area contributed by atoms with Gasteiger partial charge in [-0.25, -0.2) is 4.98 Å². The molecule has 9 heteroatoms. The van der Waals surface area contributed by atoms with Gasteiger partial charge in [0.1, 0.15) is 4.83 Å². The lowest BCUT2D eigenvalue weighted by Crippen LogP contribution is -2.42. The molecule has 5 nitrogen and oxygen atoms in total. The minimum absolute atomic E-state index is 0. The first-order valence-corrected chi connectivity index (χ1v) is 9.38. The van der Waals surface area contributed by atoms with Crippen LogP contribution in [0.25, 0.3) is 9.53 Å². The lowest BCUT2D eigenvalue weighted by atomic mass is 10.1. The number of halogens is 2. The molecule has 0 spiro atoms. The zero-order valence-corrected chi connectivity index (χ0v) is 16.9. The van der Waals surface area contributed by atoms with E-state index in [4.69, 9.17) is 0 Å². The van der Waals surface area contributed by atoms with Gasteiger partial charge in [0.05, 0.1) is 9.58 Å². The van der Waals surface area contributed by atoms with E-state index < -0.39 is 0 Å². The van der Waals surface area contributed by atoms with Crippen molar-refractivity contribution < 1.29 is 4.79 Å². The van der Waals surface area contributed by atoms with Gasteiger partial charge < -0.3 is 15.1 Å². The second kappa shape index (κ2) is 7.74. The number of amides is 1. The van der Waals surface area contributed by atoms with Gasteiger partial charge in [-0.3, -0.25) is 4.79 Å². The smallest absolute Gasteiger partial charge is 0.264 e. The number of nitrogens with one attached hydrogen (secondary N) is 1. The van der Waals surface area contributed by atoms with Crippen LogP contribution in [-0.2, 0) is 0 Å². The van der Waals surface area contributed by atoms with Crippen molar-refractivity contribution in [1.82, 2.24) is 15.2 Å². The number of aromatic nitrogens is 1. The van der Waals surface area contributed by atoms with E-state index in [1.165, 1.54) is 11.3 Å². The number of fused-ring (bicyclic) bond motifs is 3. The number of carbonyl (C=O) groups is 1. The zero-order valence-electron chi connectivity index (χ0n) is 13.7. The van der Waals surface area contributed by atoms with Crippen LogP contribution in [0.4, 0.5) is 5.13 Å². The average molecular weight is 409 g/mol. The van der Waals surface area contributed by atoms with E-state index in [0.717, 1.165) is 51.9 Å². The molecule has 2 aromatic rings. The highest BCUT2D eigenvalue weighted by molar-refractivity contribution is 7.29. The SMILES string of the molecule is CN(C)c1nc2sc(C(=O)N3C4CCNCC3CC4)cc2s1.Cl.Cl. The zero-order chi connectivity index (χ0) is 15.3. The van der Waals surface area contributed by atoms with Gasteiger partial charge in [-0.1, -0.05) is 11.3 Å². The molecule has 1 N–H and O–H groups in total. The number of hydrogen-bond donors (Lipinski definition) is 1. The van der Waals surface area contributed by atoms with Gasteiger partial charge in [-0.05, 0) is 31.9 Å². The Morgan fingerprint density at radius 2 is 2.00 bits per heavy atom. The van der Waals surface area contributed by atoms with Crippen molar-refractivity contribution in [2.24, 2.45) is 0 Å². The number of thiophene rings is 1. The van der Waals surface area contributed by atoms with E-state index in [1.54, 1.807) is 11.3 Å². The van der Waals surface area contributed by atoms with E-state index in [1.807, 2.05) is 25.1 Å². The molecule has 2 bridgehead atoms. The predicted molar refractivity (Wildman–Crippen MR) is 107 cm³/mol. The van der Waals surface area contributed by atoms with Gasteiger partial charge in [-0.15, -0.1) is 36.2 Å². The van der Waals surface area contributed by atoms with Crippen LogP contribution >= 0.6 is 47.5 Å². The molecular weight excluding hydrogens is 387 g/mol. The van der Waals surface area contributed by atoms with Crippen molar-refractivity contribution in [3.8, 4) is 0 Å². The van der Waals surface area contributed by atoms with Crippen molar-refractivity contribution in [3.63, 3.8) is 0 Å². The second-order valence-electron chi connectivity index (χ2n) is 6.26. The van der Waals surface area contributed by atoms with Crippen molar-refractivity contribution >= 4 is 68.1 Å². The summed E-state index contributed by atoms with van der Waals surface area (Å²) in [5, 5.41) is 4.45. The van der Waals surface area contributed by atoms with Crippen LogP contribution in [0.1, 0.15) is 28.9 Å². The summed E-state index contributed by atoms with van der Waals surface area (Å²) in [5.41, 5.74) is 0. The summed E-state index contributed by atoms with van der Waals surface area (Å²) in [6, 6.07) is 2.81. The maximum atomic E-state index is 13.0. The van der Waals surface area contributed by atoms with Crippen LogP contribution in [0.5, 0.6) is 0 Å². The highest BCUT2D eigenvalue weighted by Crippen LogP contribution is 2.36. The summed E-state index contributed by atoms with van der Waals surface area (Å²) in [4.78, 5) is 23.6. The highest BCUT2D eigenvalue weighted by atomic mass is 35.5. The maximum absolute atomic E-state index is 13.0. The van der Waals surface area contributed by atoms with Gasteiger partial charge in [0, 0.05) is 32.7 Å². The summed E-state index contributed by atoms with van der Waals surface area (Å²) in [7, 11) is 3.99. The normalized spacial score (nSPS) is 22.7. The van der Waals surface area contributed by atoms with Crippen LogP contribution in [0.15, 0.2) is 6.07 Å². The Morgan fingerprint density at radius 1 is 1.25 bits per heavy atom. The Balaban J connectivity index is 0.00000104. The minimum atomic E-state index is 0. The Morgan fingerprint density at radius 3 is 2.71 bits per heavy atom. The Kier molecular flexibility index (Phi) is 6.36. The first kappa shape index (κ1) is 19.7. The van der Waals surface area contributed by atoms with Gasteiger partial charge in [0.25, 0.3) is 5.91 Å². The van der Waals surface area contributed by atoms with Crippen LogP contribution < -0.4 is 10.2 Å². The van der Waals surface area contributed by atoms with Gasteiger partial charge >= 0.3 is 0 Å². The minimum Gasteiger partial charge on any atom is -0.354 e. The third-order valence-electron chi connectivity index (χ3n) is 4.56. The predicted octanol–water partition coefficient (Wildman–Crippen LogP) is 3.23. The number of rotatable bonds is 2. The van der Waals surface area contributed by atoms with Crippen molar-refractivity contribution in [2.45, 2.75) is 31.3 Å². The molecule has 134 valence electrons. The van der Waals surface area contributed by atoms with E-state index in [9.17, 15) is 4.79 Å². The van der Waals surface area contributed by atoms with Gasteiger partial charge in [-0.2, -0.15) is 0 Å². The Hall–Kier alpha value is -0.600. The molecule has 2 fully saturated rings. The van der Waals surface area contributed by atoms with Crippen molar-refractivity contribution in [3.05, 3.63) is 10.9 Å². The Bertz CT molecular complexity index is 672. The summed E-state index contributed by atoms with van der Waals surface area (Å²) < 4.78 is 1.12. The fourth-order valence-corrected chi connectivity index (χ4v) is 5.54. The van der Waals surface area contributed by atoms with Gasteiger partial charge in [0.2, 0.25) is 0 Å². The van der Waals surface area contributed by atoms with Crippen LogP contribution in [0.2, 0.25) is 0 Å². The largest absolute Gasteiger partial charge is 0.354 e. The number of carbonyl (C=O) groups excluding carboxylic acids is 1. The highest BCUT2D eigenvalue weighted by Gasteiger charge is 2.38. The number of nitrogens with zero attached hydrogens (tertiary/aromatic N) is 3. The van der Waals surface area contributed by atoms with Crippen LogP contribution in [-0.4, -0.2) is 55.1 Å². The molecule has 1 amide bonds. The maximum Gasteiger partial charge on any atom is 0.264 e. The summed E-state index contributed by atoms with van der Waals surface area (Å²) >= 11 is 3.19. The standard InChI is InChI=1S/C15H20N4OS2.2ClH/c1-18(2)15-17-13-11(22-15)7-12(21-13)14(20)19-9-3-4-10(19)8-16-6-5-9;;/h7,9-10,16H,3-6,8H2,1-2H3;2*1H. The molecule has 2 saturated heterocycles. The lowest BCUT2D eigenvalue weighted by molar-refractivity contribution is 0.0685. The molecule has 2 aromatic heterocycles. The summed E-state index contributed by atoms with van der Waals surface area (Å²) in [5.74, 6) is 0.206. The Labute approximate surface area is 162 Å². The summed E-state index contributed by atoms with van der Waals surface area (Å²) in [6.07, 6.45) is 3.36. The van der Waals surface area contributed by atoms with Gasteiger partial charge in [0.15, 0.2) is 5.13 Å². The lowest BCUT2D eigenvalue weighted by Gasteiger charge is -2.27. The van der Waals surface area contributed by atoms with Crippen LogP contribution in [0.3, 0.4) is 0 Å². The second-order valence-corrected chi connectivity index (χ2v) is 8.30. The monoisotopic (exact) mass is 408 g/mol. The molecule has 2 aliphatic heterocycles. The fraction of sp³-hybridized carbons (Fsp3) is 0.600. The number of hydrogen-bond acceptors (Lipinski definition) is 6. The van der Waals surface area contributed by atoms with Crippen molar-refractivity contribution in [2.75, 3.05) is 32.1 Å². The molecular formula is C15H22Cl2N4OS2. The third-order valence-corrected chi connectivity index (χ3v) is 6.88. The average Bonchev–Trinajstić information content (AvgIpc) is 3.08. The molecule has 0 aromatic carbocycles. The van der Waals surface area contributed by atoms with E-state index >= 15 is 0 Å². The summed E-state index contributed by atoms with van der Waals surface area (Å²) in [6.45, 7) is 1.96.